The van der Waals surface area contributed by atoms with Gasteiger partial charge in [-0.3, -0.25) is 0 Å². The number of carbonyl (C=O) groups is 1. The molecule has 0 aliphatic carbocycles. The Labute approximate surface area is 173 Å². The molecule has 0 fully saturated rings. The summed E-state index contributed by atoms with van der Waals surface area (Å²) in [6.07, 6.45) is 1.90. The Kier molecular flexibility index (Phi) is 6.48. The molecule has 3 rings (SSSR count). The van der Waals surface area contributed by atoms with Crippen LogP contribution in [0.15, 0.2) is 64.1 Å². The number of halogens is 1. The molecule has 0 bridgehead atoms. The van der Waals surface area contributed by atoms with E-state index in [1.54, 1.807) is 24.3 Å². The van der Waals surface area contributed by atoms with Crippen LogP contribution in [0, 0.1) is 5.82 Å². The van der Waals surface area contributed by atoms with Crippen molar-refractivity contribution in [2.45, 2.75) is 11.3 Å². The summed E-state index contributed by atoms with van der Waals surface area (Å²) >= 11 is 0. The molecule has 0 spiro atoms. The number of oxazole rings is 1. The van der Waals surface area contributed by atoms with Crippen molar-refractivity contribution in [1.82, 2.24) is 14.6 Å². The highest BCUT2D eigenvalue weighted by molar-refractivity contribution is 7.89. The fourth-order valence-corrected chi connectivity index (χ4v) is 3.52. The summed E-state index contributed by atoms with van der Waals surface area (Å²) in [7, 11) is -0.713. The van der Waals surface area contributed by atoms with Gasteiger partial charge in [0.25, 0.3) is 0 Å². The minimum atomic E-state index is -3.59. The van der Waals surface area contributed by atoms with Gasteiger partial charge in [-0.2, -0.15) is 0 Å². The molecule has 0 saturated heterocycles. The zero-order chi connectivity index (χ0) is 21.7. The lowest BCUT2D eigenvalue weighted by atomic mass is 10.2. The van der Waals surface area contributed by atoms with Crippen molar-refractivity contribution in [3.63, 3.8) is 0 Å². The number of hydrogen-bond acceptors (Lipinski definition) is 5. The van der Waals surface area contributed by atoms with Gasteiger partial charge in [-0.1, -0.05) is 6.07 Å². The number of sulfonamides is 1. The van der Waals surface area contributed by atoms with E-state index in [9.17, 15) is 17.6 Å². The first-order chi connectivity index (χ1) is 14.3. The lowest BCUT2D eigenvalue weighted by molar-refractivity contribution is 0.252. The highest BCUT2D eigenvalue weighted by atomic mass is 32.2. The van der Waals surface area contributed by atoms with Crippen LogP contribution in [0.4, 0.5) is 14.9 Å². The molecule has 1 aromatic heterocycles. The van der Waals surface area contributed by atoms with Crippen LogP contribution in [0.3, 0.4) is 0 Å². The van der Waals surface area contributed by atoms with Gasteiger partial charge < -0.3 is 15.1 Å². The van der Waals surface area contributed by atoms with Crippen LogP contribution in [0.2, 0.25) is 0 Å². The smallest absolute Gasteiger partial charge is 0.319 e. The first kappa shape index (κ1) is 21.5. The number of nitrogens with zero attached hydrogens (tertiary/aromatic N) is 2. The standard InChI is InChI=1S/C20H21FN4O4S/c1-25(2)30(27,28)18-5-3-4-16(12-18)24-20(26)22-11-10-17-13-29-19(23-17)14-6-8-15(21)9-7-14/h3-9,12-13H,10-11H2,1-2H3,(H2,22,24,26). The topological polar surface area (TPSA) is 105 Å². The molecule has 2 aromatic carbocycles. The summed E-state index contributed by atoms with van der Waals surface area (Å²) in [5.41, 5.74) is 1.64. The van der Waals surface area contributed by atoms with Gasteiger partial charge in [0, 0.05) is 38.3 Å². The molecular weight excluding hydrogens is 411 g/mol. The summed E-state index contributed by atoms with van der Waals surface area (Å²) in [5.74, 6) is 0.0268. The van der Waals surface area contributed by atoms with Crippen molar-refractivity contribution in [3.8, 4) is 11.5 Å². The van der Waals surface area contributed by atoms with Crippen molar-refractivity contribution in [2.24, 2.45) is 0 Å². The van der Waals surface area contributed by atoms with Crippen molar-refractivity contribution in [2.75, 3.05) is 26.0 Å². The second kappa shape index (κ2) is 9.06. The van der Waals surface area contributed by atoms with E-state index in [1.165, 1.54) is 44.6 Å². The molecule has 0 radical (unpaired) electrons. The number of anilines is 1. The van der Waals surface area contributed by atoms with Gasteiger partial charge in [0.2, 0.25) is 15.9 Å². The van der Waals surface area contributed by atoms with E-state index in [4.69, 9.17) is 4.42 Å². The Morgan fingerprint density at radius 2 is 1.90 bits per heavy atom. The van der Waals surface area contributed by atoms with Crippen LogP contribution < -0.4 is 10.6 Å². The minimum absolute atomic E-state index is 0.0845. The number of benzene rings is 2. The number of amides is 2. The highest BCUT2D eigenvalue weighted by Gasteiger charge is 2.17. The van der Waals surface area contributed by atoms with Gasteiger partial charge in [0.05, 0.1) is 10.6 Å². The zero-order valence-electron chi connectivity index (χ0n) is 16.4. The summed E-state index contributed by atoms with van der Waals surface area (Å²) in [6, 6.07) is 11.3. The van der Waals surface area contributed by atoms with Crippen LogP contribution in [-0.4, -0.2) is 44.4 Å². The van der Waals surface area contributed by atoms with Gasteiger partial charge in [-0.15, -0.1) is 0 Å². The Bertz CT molecular complexity index is 1130. The predicted molar refractivity (Wildman–Crippen MR) is 110 cm³/mol. The maximum Gasteiger partial charge on any atom is 0.319 e. The van der Waals surface area contributed by atoms with E-state index in [0.717, 1.165) is 4.31 Å². The van der Waals surface area contributed by atoms with Crippen LogP contribution in [0.1, 0.15) is 5.69 Å². The van der Waals surface area contributed by atoms with E-state index in [1.807, 2.05) is 0 Å². The molecule has 1 heterocycles. The molecule has 3 aromatic rings. The Hall–Kier alpha value is -3.24. The summed E-state index contributed by atoms with van der Waals surface area (Å²) in [6.45, 7) is 0.289. The van der Waals surface area contributed by atoms with Crippen molar-refractivity contribution in [1.29, 1.82) is 0 Å². The van der Waals surface area contributed by atoms with Gasteiger partial charge in [-0.25, -0.2) is 26.9 Å². The third-order valence-corrected chi connectivity index (χ3v) is 5.99. The van der Waals surface area contributed by atoms with Crippen LogP contribution in [0.25, 0.3) is 11.5 Å². The Morgan fingerprint density at radius 3 is 2.60 bits per heavy atom. The van der Waals surface area contributed by atoms with Crippen molar-refractivity contribution >= 4 is 21.7 Å². The van der Waals surface area contributed by atoms with Crippen molar-refractivity contribution < 1.29 is 22.0 Å². The lowest BCUT2D eigenvalue weighted by Gasteiger charge is -2.13. The third-order valence-electron chi connectivity index (χ3n) is 4.18. The van der Waals surface area contributed by atoms with Gasteiger partial charge >= 0.3 is 6.03 Å². The monoisotopic (exact) mass is 432 g/mol. The van der Waals surface area contributed by atoms with Gasteiger partial charge in [0.1, 0.15) is 12.1 Å². The minimum Gasteiger partial charge on any atom is -0.444 e. The fourth-order valence-electron chi connectivity index (χ4n) is 2.57. The first-order valence-electron chi connectivity index (χ1n) is 9.03. The number of carbonyl (C=O) groups excluding carboxylic acids is 1. The SMILES string of the molecule is CN(C)S(=O)(=O)c1cccc(NC(=O)NCCc2coc(-c3ccc(F)cc3)n2)c1. The van der Waals surface area contributed by atoms with Gasteiger partial charge in [-0.05, 0) is 42.5 Å². The molecule has 30 heavy (non-hydrogen) atoms. The number of aromatic nitrogens is 1. The summed E-state index contributed by atoms with van der Waals surface area (Å²) in [5, 5.41) is 5.28. The maximum absolute atomic E-state index is 13.0. The second-order valence-corrected chi connectivity index (χ2v) is 8.75. The van der Waals surface area contributed by atoms with E-state index < -0.39 is 16.1 Å². The van der Waals surface area contributed by atoms with E-state index >= 15 is 0 Å². The second-order valence-electron chi connectivity index (χ2n) is 6.60. The van der Waals surface area contributed by atoms with Crippen molar-refractivity contribution in [3.05, 3.63) is 66.3 Å². The molecule has 0 aliphatic heterocycles. The summed E-state index contributed by atoms with van der Waals surface area (Å²) in [4.78, 5) is 16.5. The quantitative estimate of drug-likeness (QED) is 0.597. The molecule has 0 atom stereocenters. The van der Waals surface area contributed by atoms with E-state index in [0.29, 0.717) is 29.3 Å². The molecule has 10 heteroatoms. The molecule has 0 aliphatic rings. The molecule has 2 amide bonds. The van der Waals surface area contributed by atoms with Crippen LogP contribution in [-0.2, 0) is 16.4 Å². The molecule has 2 N–H and O–H groups in total. The Balaban J connectivity index is 1.53. The fraction of sp³-hybridized carbons (Fsp3) is 0.200. The Morgan fingerprint density at radius 1 is 1.17 bits per heavy atom. The van der Waals surface area contributed by atoms with Gasteiger partial charge in [0.15, 0.2) is 0 Å². The summed E-state index contributed by atoms with van der Waals surface area (Å²) < 4.78 is 43.8. The number of rotatable bonds is 7. The maximum atomic E-state index is 13.0. The van der Waals surface area contributed by atoms with Crippen LogP contribution in [0.5, 0.6) is 0 Å². The average Bonchev–Trinajstić information content (AvgIpc) is 3.17. The zero-order valence-corrected chi connectivity index (χ0v) is 17.2. The number of hydrogen-bond donors (Lipinski definition) is 2. The molecule has 0 saturated carbocycles. The number of urea groups is 1. The third kappa shape index (κ3) is 5.22. The molecule has 0 unspecified atom stereocenters. The van der Waals surface area contributed by atoms with E-state index in [2.05, 4.69) is 15.6 Å². The largest absolute Gasteiger partial charge is 0.444 e. The number of nitrogens with one attached hydrogen (secondary N) is 2. The lowest BCUT2D eigenvalue weighted by Crippen LogP contribution is -2.30. The molecule has 158 valence electrons. The molecule has 8 nitrogen and oxygen atoms in total. The highest BCUT2D eigenvalue weighted by Crippen LogP contribution is 2.19. The van der Waals surface area contributed by atoms with E-state index in [-0.39, 0.29) is 17.3 Å². The molecular formula is C20H21FN4O4S. The average molecular weight is 432 g/mol. The van der Waals surface area contributed by atoms with Crippen LogP contribution >= 0.6 is 0 Å². The normalized spacial score (nSPS) is 11.5. The first-order valence-corrected chi connectivity index (χ1v) is 10.5. The predicted octanol–water partition coefficient (Wildman–Crippen LogP) is 3.10.